The highest BCUT2D eigenvalue weighted by atomic mass is 15.0. The van der Waals surface area contributed by atoms with Crippen molar-refractivity contribution in [2.75, 3.05) is 0 Å². The summed E-state index contributed by atoms with van der Waals surface area (Å²) in [5.41, 5.74) is 0.797. The van der Waals surface area contributed by atoms with Crippen LogP contribution in [0.15, 0.2) is 40.3 Å². The van der Waals surface area contributed by atoms with E-state index < -0.39 is 0 Å². The lowest BCUT2D eigenvalue weighted by Gasteiger charge is -2.05. The van der Waals surface area contributed by atoms with E-state index in [0.717, 1.165) is 11.4 Å². The smallest absolute Gasteiger partial charge is 0.155 e. The number of aliphatic imine (C=N–C) groups is 2. The summed E-state index contributed by atoms with van der Waals surface area (Å²) in [5.74, 6) is 0.783. The van der Waals surface area contributed by atoms with Crippen molar-refractivity contribution < 1.29 is 0 Å². The van der Waals surface area contributed by atoms with Gasteiger partial charge in [0, 0.05) is 5.56 Å². The van der Waals surface area contributed by atoms with Crippen LogP contribution in [0, 0.1) is 0 Å². The molecule has 1 aliphatic heterocycles. The van der Waals surface area contributed by atoms with Crippen molar-refractivity contribution in [3.05, 3.63) is 35.9 Å². The molecule has 0 saturated carbocycles. The van der Waals surface area contributed by atoms with Gasteiger partial charge in [0.05, 0.1) is 6.21 Å². The van der Waals surface area contributed by atoms with Gasteiger partial charge in [-0.05, 0) is 13.8 Å². The van der Waals surface area contributed by atoms with E-state index in [4.69, 9.17) is 0 Å². The molecule has 0 fully saturated rings. The molecule has 0 bridgehead atoms. The Morgan fingerprint density at radius 2 is 1.85 bits per heavy atom. The molecule has 1 aromatic carbocycles. The van der Waals surface area contributed by atoms with Gasteiger partial charge in [0.25, 0.3) is 0 Å². The second kappa shape index (κ2) is 2.80. The minimum Gasteiger partial charge on any atom is -0.253 e. The first kappa shape index (κ1) is 8.17. The molecule has 0 N–H and O–H groups in total. The quantitative estimate of drug-likeness (QED) is 0.618. The van der Waals surface area contributed by atoms with Crippen LogP contribution in [0.1, 0.15) is 19.4 Å². The van der Waals surface area contributed by atoms with Crippen molar-refractivity contribution in [1.82, 2.24) is 0 Å². The molecular weight excluding hydrogens is 160 g/mol. The largest absolute Gasteiger partial charge is 0.253 e. The van der Waals surface area contributed by atoms with Crippen LogP contribution in [0.2, 0.25) is 0 Å². The van der Waals surface area contributed by atoms with Crippen molar-refractivity contribution in [3.63, 3.8) is 0 Å². The molecule has 0 spiro atoms. The molecule has 1 heterocycles. The zero-order valence-electron chi connectivity index (χ0n) is 7.78. The van der Waals surface area contributed by atoms with Gasteiger partial charge in [-0.2, -0.15) is 0 Å². The summed E-state index contributed by atoms with van der Waals surface area (Å²) in [4.78, 5) is 8.59. The van der Waals surface area contributed by atoms with Gasteiger partial charge in [0.1, 0.15) is 5.54 Å². The number of nitrogens with zero attached hydrogens (tertiary/aromatic N) is 2. The molecule has 1 radical (unpaired) electrons. The van der Waals surface area contributed by atoms with Gasteiger partial charge < -0.3 is 0 Å². The third-order valence-corrected chi connectivity index (χ3v) is 1.85. The highest BCUT2D eigenvalue weighted by Gasteiger charge is 2.21. The molecule has 0 saturated heterocycles. The Bertz CT molecular complexity index is 361. The van der Waals surface area contributed by atoms with Crippen molar-refractivity contribution in [3.8, 4) is 0 Å². The summed E-state index contributed by atoms with van der Waals surface area (Å²) >= 11 is 0. The summed E-state index contributed by atoms with van der Waals surface area (Å²) < 4.78 is 0. The molecule has 0 amide bonds. The summed E-state index contributed by atoms with van der Waals surface area (Å²) in [7, 11) is 0. The zero-order chi connectivity index (χ0) is 9.31. The Labute approximate surface area is 78.0 Å². The zero-order valence-corrected chi connectivity index (χ0v) is 7.78. The molecule has 13 heavy (non-hydrogen) atoms. The number of benzene rings is 1. The third kappa shape index (κ3) is 1.66. The molecule has 2 nitrogen and oxygen atoms in total. The molecule has 2 rings (SSSR count). The van der Waals surface area contributed by atoms with E-state index in [0.29, 0.717) is 0 Å². The number of hydrogen-bond donors (Lipinski definition) is 0. The minimum atomic E-state index is -0.259. The predicted molar refractivity (Wildman–Crippen MR) is 54.5 cm³/mol. The fourth-order valence-corrected chi connectivity index (χ4v) is 1.22. The van der Waals surface area contributed by atoms with Gasteiger partial charge in [0.15, 0.2) is 5.84 Å². The first-order valence-corrected chi connectivity index (χ1v) is 4.31. The lowest BCUT2D eigenvalue weighted by Crippen LogP contribution is -2.14. The molecule has 0 unspecified atom stereocenters. The first-order chi connectivity index (χ1) is 6.17. The van der Waals surface area contributed by atoms with E-state index in [-0.39, 0.29) is 5.54 Å². The predicted octanol–water partition coefficient (Wildman–Crippen LogP) is 2.17. The third-order valence-electron chi connectivity index (χ3n) is 1.85. The summed E-state index contributed by atoms with van der Waals surface area (Å²) in [6.45, 7) is 3.98. The van der Waals surface area contributed by atoms with Crippen molar-refractivity contribution in [2.24, 2.45) is 9.98 Å². The molecule has 0 atom stereocenters. The van der Waals surface area contributed by atoms with E-state index in [1.165, 1.54) is 0 Å². The standard InChI is InChI=1S/C11H11N2/c1-11(2)8-12-10(13-11)9-6-4-3-5-7-9/h3-7H,1-2H3. The average molecular weight is 171 g/mol. The molecule has 65 valence electrons. The van der Waals surface area contributed by atoms with Crippen LogP contribution < -0.4 is 0 Å². The normalized spacial score (nSPS) is 18.8. The van der Waals surface area contributed by atoms with Crippen LogP contribution in [-0.4, -0.2) is 17.6 Å². The topological polar surface area (TPSA) is 24.7 Å². The van der Waals surface area contributed by atoms with Crippen LogP contribution in [0.3, 0.4) is 0 Å². The lowest BCUT2D eigenvalue weighted by molar-refractivity contribution is 0.731. The number of rotatable bonds is 1. The van der Waals surface area contributed by atoms with Crippen LogP contribution in [0.25, 0.3) is 0 Å². The number of amidine groups is 1. The average Bonchev–Trinajstić information content (AvgIpc) is 2.48. The van der Waals surface area contributed by atoms with E-state index in [1.54, 1.807) is 0 Å². The Balaban J connectivity index is 2.36. The van der Waals surface area contributed by atoms with E-state index in [1.807, 2.05) is 44.2 Å². The van der Waals surface area contributed by atoms with Gasteiger partial charge in [-0.3, -0.25) is 4.99 Å². The Hall–Kier alpha value is -1.44. The summed E-state index contributed by atoms with van der Waals surface area (Å²) in [5, 5.41) is 0. The van der Waals surface area contributed by atoms with Crippen molar-refractivity contribution in [2.45, 2.75) is 19.4 Å². The van der Waals surface area contributed by atoms with Crippen LogP contribution in [0.5, 0.6) is 0 Å². The fourth-order valence-electron chi connectivity index (χ4n) is 1.22. The van der Waals surface area contributed by atoms with Crippen LogP contribution in [-0.2, 0) is 0 Å². The summed E-state index contributed by atoms with van der Waals surface area (Å²) in [6, 6.07) is 9.96. The maximum atomic E-state index is 4.43. The second-order valence-corrected chi connectivity index (χ2v) is 3.58. The highest BCUT2D eigenvalue weighted by molar-refractivity contribution is 6.07. The van der Waals surface area contributed by atoms with Crippen LogP contribution >= 0.6 is 0 Å². The van der Waals surface area contributed by atoms with E-state index in [9.17, 15) is 0 Å². The Morgan fingerprint density at radius 1 is 1.15 bits per heavy atom. The molecular formula is C11H11N2. The SMILES string of the molecule is CC1(C)[C]=NC(c2ccccc2)=N1. The molecule has 2 heteroatoms. The van der Waals surface area contributed by atoms with Crippen molar-refractivity contribution >= 4 is 12.1 Å². The molecule has 0 aliphatic carbocycles. The van der Waals surface area contributed by atoms with E-state index in [2.05, 4.69) is 16.2 Å². The Morgan fingerprint density at radius 3 is 2.38 bits per heavy atom. The van der Waals surface area contributed by atoms with Crippen LogP contribution in [0.4, 0.5) is 0 Å². The second-order valence-electron chi connectivity index (χ2n) is 3.58. The Kier molecular flexibility index (Phi) is 1.76. The first-order valence-electron chi connectivity index (χ1n) is 4.31. The van der Waals surface area contributed by atoms with E-state index >= 15 is 0 Å². The maximum absolute atomic E-state index is 4.43. The molecule has 1 aliphatic rings. The number of hydrogen-bond acceptors (Lipinski definition) is 2. The molecule has 1 aromatic rings. The van der Waals surface area contributed by atoms with Gasteiger partial charge in [-0.1, -0.05) is 30.3 Å². The highest BCUT2D eigenvalue weighted by Crippen LogP contribution is 2.16. The summed E-state index contributed by atoms with van der Waals surface area (Å²) in [6.07, 6.45) is 2.97. The van der Waals surface area contributed by atoms with Crippen molar-refractivity contribution in [1.29, 1.82) is 0 Å². The minimum absolute atomic E-state index is 0.259. The fraction of sp³-hybridized carbons (Fsp3) is 0.273. The van der Waals surface area contributed by atoms with Gasteiger partial charge in [0.2, 0.25) is 0 Å². The lowest BCUT2D eigenvalue weighted by atomic mass is 10.1. The van der Waals surface area contributed by atoms with Gasteiger partial charge >= 0.3 is 0 Å². The van der Waals surface area contributed by atoms with Gasteiger partial charge in [-0.25, -0.2) is 4.99 Å². The molecule has 0 aromatic heterocycles. The maximum Gasteiger partial charge on any atom is 0.155 e. The monoisotopic (exact) mass is 171 g/mol. The van der Waals surface area contributed by atoms with Gasteiger partial charge in [-0.15, -0.1) is 0 Å².